The minimum Gasteiger partial charge on any atom is -0.508 e. The first kappa shape index (κ1) is 18.3. The van der Waals surface area contributed by atoms with Crippen molar-refractivity contribution in [3.63, 3.8) is 0 Å². The molecule has 0 heterocycles. The van der Waals surface area contributed by atoms with Crippen molar-refractivity contribution in [2.75, 3.05) is 6.61 Å². The number of benzene rings is 3. The average molecular weight is 363 g/mol. The van der Waals surface area contributed by atoms with Gasteiger partial charge in [0.2, 0.25) is 0 Å². The van der Waals surface area contributed by atoms with Crippen LogP contribution >= 0.6 is 0 Å². The number of carbonyl (C=O) groups excluding carboxylic acids is 1. The van der Waals surface area contributed by atoms with Crippen LogP contribution < -0.4 is 14.8 Å². The summed E-state index contributed by atoms with van der Waals surface area (Å²) in [4.78, 5) is 12.1. The molecule has 2 N–H and O–H groups in total. The van der Waals surface area contributed by atoms with E-state index in [1.165, 1.54) is 0 Å². The number of para-hydroxylation sites is 1. The van der Waals surface area contributed by atoms with Gasteiger partial charge in [0.25, 0.3) is 5.91 Å². The molecule has 0 spiro atoms. The quantitative estimate of drug-likeness (QED) is 0.651. The number of hydrogen-bond donors (Lipinski definition) is 2. The highest BCUT2D eigenvalue weighted by Crippen LogP contribution is 2.23. The van der Waals surface area contributed by atoms with E-state index in [4.69, 9.17) is 9.47 Å². The van der Waals surface area contributed by atoms with Gasteiger partial charge in [0.15, 0.2) is 6.61 Å². The summed E-state index contributed by atoms with van der Waals surface area (Å²) in [6, 6.07) is 23.1. The third kappa shape index (κ3) is 5.51. The minimum absolute atomic E-state index is 0.0952. The summed E-state index contributed by atoms with van der Waals surface area (Å²) in [5.74, 6) is 1.95. The Hall–Kier alpha value is -3.47. The average Bonchev–Trinajstić information content (AvgIpc) is 2.68. The third-order valence-electron chi connectivity index (χ3n) is 3.92. The number of nitrogens with one attached hydrogen (secondary N) is 1. The van der Waals surface area contributed by atoms with E-state index in [9.17, 15) is 9.90 Å². The van der Waals surface area contributed by atoms with Gasteiger partial charge in [-0.15, -0.1) is 0 Å². The lowest BCUT2D eigenvalue weighted by atomic mass is 10.1. The van der Waals surface area contributed by atoms with Crippen molar-refractivity contribution in [2.45, 2.75) is 13.0 Å². The zero-order valence-electron chi connectivity index (χ0n) is 15.0. The lowest BCUT2D eigenvalue weighted by Gasteiger charge is -2.15. The van der Waals surface area contributed by atoms with Gasteiger partial charge in [-0.25, -0.2) is 0 Å². The van der Waals surface area contributed by atoms with Crippen LogP contribution in [0.4, 0.5) is 0 Å². The van der Waals surface area contributed by atoms with Gasteiger partial charge in [-0.05, 0) is 61.0 Å². The number of amides is 1. The molecule has 1 unspecified atom stereocenters. The van der Waals surface area contributed by atoms with E-state index in [1.807, 2.05) is 43.3 Å². The second kappa shape index (κ2) is 8.76. The number of hydrogen-bond acceptors (Lipinski definition) is 4. The maximum absolute atomic E-state index is 12.1. The Morgan fingerprint density at radius 3 is 2.30 bits per heavy atom. The summed E-state index contributed by atoms with van der Waals surface area (Å²) in [5, 5.41) is 12.4. The summed E-state index contributed by atoms with van der Waals surface area (Å²) >= 11 is 0. The summed E-state index contributed by atoms with van der Waals surface area (Å²) in [6.45, 7) is 1.75. The third-order valence-corrected chi connectivity index (χ3v) is 3.92. The number of phenols is 1. The summed E-state index contributed by atoms with van der Waals surface area (Å²) in [5.41, 5.74) is 0.825. The Balaban J connectivity index is 1.48. The lowest BCUT2D eigenvalue weighted by molar-refractivity contribution is -0.123. The molecule has 3 rings (SSSR count). The maximum atomic E-state index is 12.1. The van der Waals surface area contributed by atoms with Crippen molar-refractivity contribution >= 4 is 5.91 Å². The highest BCUT2D eigenvalue weighted by Gasteiger charge is 2.10. The van der Waals surface area contributed by atoms with Crippen molar-refractivity contribution in [1.29, 1.82) is 0 Å². The van der Waals surface area contributed by atoms with Crippen molar-refractivity contribution < 1.29 is 19.4 Å². The predicted molar refractivity (Wildman–Crippen MR) is 103 cm³/mol. The molecule has 0 aromatic heterocycles. The van der Waals surface area contributed by atoms with E-state index in [1.54, 1.807) is 42.5 Å². The van der Waals surface area contributed by atoms with Crippen LogP contribution in [-0.4, -0.2) is 17.6 Å². The van der Waals surface area contributed by atoms with E-state index in [0.717, 1.165) is 11.3 Å². The van der Waals surface area contributed by atoms with Gasteiger partial charge in [-0.1, -0.05) is 30.3 Å². The Labute approximate surface area is 158 Å². The number of phenolic OH excluding ortho intramolecular Hbond substituents is 1. The molecule has 1 amide bonds. The highest BCUT2D eigenvalue weighted by molar-refractivity contribution is 5.78. The van der Waals surface area contributed by atoms with Gasteiger partial charge in [-0.3, -0.25) is 4.79 Å². The highest BCUT2D eigenvalue weighted by atomic mass is 16.5. The number of carbonyl (C=O) groups is 1. The topological polar surface area (TPSA) is 67.8 Å². The molecule has 0 saturated carbocycles. The molecular formula is C22H21NO4. The van der Waals surface area contributed by atoms with Gasteiger partial charge < -0.3 is 19.9 Å². The van der Waals surface area contributed by atoms with Crippen LogP contribution in [0.3, 0.4) is 0 Å². The zero-order chi connectivity index (χ0) is 19.1. The van der Waals surface area contributed by atoms with Crippen LogP contribution in [0.1, 0.15) is 18.5 Å². The minimum atomic E-state index is -0.240. The summed E-state index contributed by atoms with van der Waals surface area (Å²) < 4.78 is 11.2. The molecule has 0 bridgehead atoms. The van der Waals surface area contributed by atoms with Crippen LogP contribution in [0.15, 0.2) is 78.9 Å². The van der Waals surface area contributed by atoms with E-state index in [2.05, 4.69) is 5.32 Å². The smallest absolute Gasteiger partial charge is 0.258 e. The first-order valence-electron chi connectivity index (χ1n) is 8.64. The molecule has 0 aliphatic rings. The normalized spacial score (nSPS) is 11.4. The van der Waals surface area contributed by atoms with Crippen LogP contribution in [0.5, 0.6) is 23.0 Å². The Morgan fingerprint density at radius 1 is 0.926 bits per heavy atom. The largest absolute Gasteiger partial charge is 0.508 e. The molecule has 0 aliphatic heterocycles. The van der Waals surface area contributed by atoms with Gasteiger partial charge in [0, 0.05) is 0 Å². The Morgan fingerprint density at radius 2 is 1.59 bits per heavy atom. The molecule has 5 heteroatoms. The lowest BCUT2D eigenvalue weighted by Crippen LogP contribution is -2.31. The Bertz CT molecular complexity index is 878. The fourth-order valence-corrected chi connectivity index (χ4v) is 2.54. The predicted octanol–water partition coefficient (Wildman–Crippen LogP) is 4.44. The van der Waals surface area contributed by atoms with Crippen LogP contribution in [-0.2, 0) is 4.79 Å². The Kier molecular flexibility index (Phi) is 5.94. The molecule has 138 valence electrons. The molecule has 3 aromatic rings. The van der Waals surface area contributed by atoms with Gasteiger partial charge in [0.1, 0.15) is 23.0 Å². The summed E-state index contributed by atoms with van der Waals surface area (Å²) in [7, 11) is 0. The molecule has 0 fully saturated rings. The van der Waals surface area contributed by atoms with Crippen molar-refractivity contribution in [3.8, 4) is 23.0 Å². The van der Waals surface area contributed by atoms with Gasteiger partial charge >= 0.3 is 0 Å². The second-order valence-corrected chi connectivity index (χ2v) is 6.06. The fourth-order valence-electron chi connectivity index (χ4n) is 2.54. The van der Waals surface area contributed by atoms with Gasteiger partial charge in [0.05, 0.1) is 6.04 Å². The molecule has 3 aromatic carbocycles. The van der Waals surface area contributed by atoms with Crippen LogP contribution in [0, 0.1) is 0 Å². The number of rotatable bonds is 7. The molecule has 0 aliphatic carbocycles. The van der Waals surface area contributed by atoms with Crippen LogP contribution in [0.2, 0.25) is 0 Å². The SMILES string of the molecule is CC(NC(=O)COc1ccc(Oc2ccccc2)cc1)c1cccc(O)c1. The number of aromatic hydroxyl groups is 1. The molecule has 0 radical (unpaired) electrons. The van der Waals surface area contributed by atoms with Crippen molar-refractivity contribution in [2.24, 2.45) is 0 Å². The van der Waals surface area contributed by atoms with E-state index in [0.29, 0.717) is 11.5 Å². The molecular weight excluding hydrogens is 342 g/mol. The zero-order valence-corrected chi connectivity index (χ0v) is 15.0. The monoisotopic (exact) mass is 363 g/mol. The van der Waals surface area contributed by atoms with Gasteiger partial charge in [-0.2, -0.15) is 0 Å². The molecule has 0 saturated heterocycles. The van der Waals surface area contributed by atoms with E-state index < -0.39 is 0 Å². The first-order chi connectivity index (χ1) is 13.1. The molecule has 5 nitrogen and oxygen atoms in total. The van der Waals surface area contributed by atoms with Crippen molar-refractivity contribution in [1.82, 2.24) is 5.32 Å². The van der Waals surface area contributed by atoms with E-state index in [-0.39, 0.29) is 24.3 Å². The number of ether oxygens (including phenoxy) is 2. The van der Waals surface area contributed by atoms with Crippen LogP contribution in [0.25, 0.3) is 0 Å². The second-order valence-electron chi connectivity index (χ2n) is 6.06. The molecule has 1 atom stereocenters. The summed E-state index contributed by atoms with van der Waals surface area (Å²) in [6.07, 6.45) is 0. The molecule has 27 heavy (non-hydrogen) atoms. The first-order valence-corrected chi connectivity index (χ1v) is 8.64. The van der Waals surface area contributed by atoms with Crippen molar-refractivity contribution in [3.05, 3.63) is 84.4 Å². The fraction of sp³-hybridized carbons (Fsp3) is 0.136. The van der Waals surface area contributed by atoms with E-state index >= 15 is 0 Å². The standard InChI is InChI=1S/C22H21NO4/c1-16(17-6-5-7-18(24)14-17)23-22(25)15-26-19-10-12-21(13-11-19)27-20-8-3-2-4-9-20/h2-14,16,24H,15H2,1H3,(H,23,25). The maximum Gasteiger partial charge on any atom is 0.258 e.